The van der Waals surface area contributed by atoms with E-state index in [0.717, 1.165) is 23.3 Å². The fraction of sp³-hybridized carbons (Fsp3) is 0.389. The third-order valence-electron chi connectivity index (χ3n) is 3.57. The zero-order valence-electron chi connectivity index (χ0n) is 14.3. The van der Waals surface area contributed by atoms with Crippen molar-refractivity contribution in [3.8, 4) is 0 Å². The first kappa shape index (κ1) is 18.1. The quantitative estimate of drug-likeness (QED) is 0.833. The minimum Gasteiger partial charge on any atom is -0.329 e. The molecular formula is C18H23N3O2S. The van der Waals surface area contributed by atoms with Crippen LogP contribution in [-0.4, -0.2) is 34.8 Å². The molecule has 0 atom stereocenters. The van der Waals surface area contributed by atoms with E-state index in [-0.39, 0.29) is 18.4 Å². The lowest BCUT2D eigenvalue weighted by Gasteiger charge is -2.22. The van der Waals surface area contributed by atoms with E-state index < -0.39 is 0 Å². The van der Waals surface area contributed by atoms with Gasteiger partial charge in [0.15, 0.2) is 5.13 Å². The number of carbonyl (C=O) groups excluding carboxylic acids is 2. The van der Waals surface area contributed by atoms with Crippen LogP contribution in [0.3, 0.4) is 0 Å². The number of aryl methyl sites for hydroxylation is 2. The van der Waals surface area contributed by atoms with Crippen LogP contribution in [0.5, 0.6) is 0 Å². The highest BCUT2D eigenvalue weighted by Crippen LogP contribution is 2.16. The molecule has 1 N–H and O–H groups in total. The number of hydrogen-bond donors (Lipinski definition) is 1. The summed E-state index contributed by atoms with van der Waals surface area (Å²) in [6, 6.07) is 7.42. The molecule has 24 heavy (non-hydrogen) atoms. The molecule has 1 aromatic carbocycles. The largest absolute Gasteiger partial charge is 0.329 e. The Hall–Kier alpha value is -2.21. The first-order valence-electron chi connectivity index (χ1n) is 8.08. The average molecular weight is 345 g/mol. The van der Waals surface area contributed by atoms with E-state index in [2.05, 4.69) is 17.2 Å². The van der Waals surface area contributed by atoms with Gasteiger partial charge in [-0.05, 0) is 32.4 Å². The summed E-state index contributed by atoms with van der Waals surface area (Å²) in [7, 11) is 0. The van der Waals surface area contributed by atoms with Crippen LogP contribution in [-0.2, 0) is 4.79 Å². The zero-order valence-corrected chi connectivity index (χ0v) is 15.2. The highest BCUT2D eigenvalue weighted by Gasteiger charge is 2.19. The molecule has 0 fully saturated rings. The number of thiazole rings is 1. The van der Waals surface area contributed by atoms with Crippen molar-refractivity contribution in [3.63, 3.8) is 0 Å². The number of anilines is 1. The smallest absolute Gasteiger partial charge is 0.254 e. The molecule has 0 unspecified atom stereocenters. The highest BCUT2D eigenvalue weighted by molar-refractivity contribution is 7.15. The lowest BCUT2D eigenvalue weighted by molar-refractivity contribution is -0.116. The molecule has 0 radical (unpaired) electrons. The third kappa shape index (κ3) is 5.16. The topological polar surface area (TPSA) is 62.3 Å². The summed E-state index contributed by atoms with van der Waals surface area (Å²) in [5.74, 6) is -0.338. The predicted molar refractivity (Wildman–Crippen MR) is 97.5 cm³/mol. The Morgan fingerprint density at radius 3 is 2.50 bits per heavy atom. The molecule has 1 aromatic heterocycles. The van der Waals surface area contributed by atoms with Crippen LogP contribution >= 0.6 is 11.3 Å². The van der Waals surface area contributed by atoms with Crippen LogP contribution in [0.25, 0.3) is 0 Å². The summed E-state index contributed by atoms with van der Waals surface area (Å²) in [6.07, 6.45) is 3.54. The summed E-state index contributed by atoms with van der Waals surface area (Å²) in [4.78, 5) is 31.7. The van der Waals surface area contributed by atoms with Crippen LogP contribution in [0, 0.1) is 13.8 Å². The molecule has 128 valence electrons. The minimum atomic E-state index is -0.221. The van der Waals surface area contributed by atoms with Crippen LogP contribution < -0.4 is 5.32 Å². The lowest BCUT2D eigenvalue weighted by atomic mass is 10.1. The second kappa shape index (κ2) is 8.59. The van der Waals surface area contributed by atoms with Gasteiger partial charge in [0.1, 0.15) is 6.54 Å². The molecule has 0 saturated carbocycles. The standard InChI is InChI=1S/C18H23N3O2S/c1-4-5-10-21(17(23)15-8-6-13(2)7-9-15)12-16(22)20-18-19-11-14(3)24-18/h6-9,11H,4-5,10,12H2,1-3H3,(H,19,20,22). The second-order valence-corrected chi connectivity index (χ2v) is 7.01. The Morgan fingerprint density at radius 1 is 1.21 bits per heavy atom. The van der Waals surface area contributed by atoms with Crippen LogP contribution in [0.1, 0.15) is 40.6 Å². The predicted octanol–water partition coefficient (Wildman–Crippen LogP) is 3.64. The molecular weight excluding hydrogens is 322 g/mol. The van der Waals surface area contributed by atoms with Crippen molar-refractivity contribution in [1.82, 2.24) is 9.88 Å². The Balaban J connectivity index is 2.05. The van der Waals surface area contributed by atoms with Gasteiger partial charge in [-0.15, -0.1) is 11.3 Å². The number of nitrogens with one attached hydrogen (secondary N) is 1. The molecule has 2 amide bonds. The third-order valence-corrected chi connectivity index (χ3v) is 4.40. The van der Waals surface area contributed by atoms with Crippen LogP contribution in [0.4, 0.5) is 5.13 Å². The Labute approximate surface area is 146 Å². The SMILES string of the molecule is CCCCN(CC(=O)Nc1ncc(C)s1)C(=O)c1ccc(C)cc1. The molecule has 1 heterocycles. The van der Waals surface area contributed by atoms with Gasteiger partial charge in [0, 0.05) is 23.2 Å². The van der Waals surface area contributed by atoms with Gasteiger partial charge in [0.25, 0.3) is 5.91 Å². The van der Waals surface area contributed by atoms with E-state index in [1.54, 1.807) is 23.2 Å². The fourth-order valence-electron chi connectivity index (χ4n) is 2.22. The summed E-state index contributed by atoms with van der Waals surface area (Å²) in [5, 5.41) is 3.33. The fourth-order valence-corrected chi connectivity index (χ4v) is 2.91. The number of amides is 2. The first-order chi connectivity index (χ1) is 11.5. The summed E-state index contributed by atoms with van der Waals surface area (Å²) >= 11 is 1.42. The van der Waals surface area contributed by atoms with E-state index in [1.807, 2.05) is 26.0 Å². The normalized spacial score (nSPS) is 10.5. The summed E-state index contributed by atoms with van der Waals surface area (Å²) in [6.45, 7) is 6.57. The number of benzene rings is 1. The Bertz CT molecular complexity index is 695. The monoisotopic (exact) mass is 345 g/mol. The molecule has 5 nitrogen and oxygen atoms in total. The van der Waals surface area contributed by atoms with E-state index >= 15 is 0 Å². The van der Waals surface area contributed by atoms with Gasteiger partial charge in [0.2, 0.25) is 5.91 Å². The van der Waals surface area contributed by atoms with Gasteiger partial charge in [-0.3, -0.25) is 9.59 Å². The van der Waals surface area contributed by atoms with Crippen molar-refractivity contribution in [2.75, 3.05) is 18.4 Å². The maximum Gasteiger partial charge on any atom is 0.254 e. The van der Waals surface area contributed by atoms with E-state index in [1.165, 1.54) is 11.3 Å². The molecule has 2 aromatic rings. The van der Waals surface area contributed by atoms with Crippen molar-refractivity contribution in [2.45, 2.75) is 33.6 Å². The number of rotatable bonds is 7. The number of unbranched alkanes of at least 4 members (excludes halogenated alkanes) is 1. The average Bonchev–Trinajstić information content (AvgIpc) is 2.96. The van der Waals surface area contributed by atoms with Gasteiger partial charge in [0.05, 0.1) is 0 Å². The van der Waals surface area contributed by atoms with Crippen molar-refractivity contribution in [1.29, 1.82) is 0 Å². The maximum absolute atomic E-state index is 12.7. The molecule has 0 bridgehead atoms. The van der Waals surface area contributed by atoms with Crippen molar-refractivity contribution >= 4 is 28.3 Å². The van der Waals surface area contributed by atoms with Gasteiger partial charge < -0.3 is 10.2 Å². The molecule has 6 heteroatoms. The van der Waals surface area contributed by atoms with Crippen LogP contribution in [0.2, 0.25) is 0 Å². The Morgan fingerprint density at radius 2 is 1.92 bits per heavy atom. The maximum atomic E-state index is 12.7. The van der Waals surface area contributed by atoms with Crippen molar-refractivity contribution in [2.24, 2.45) is 0 Å². The number of carbonyl (C=O) groups is 2. The Kier molecular flexibility index (Phi) is 6.49. The molecule has 0 saturated heterocycles. The lowest BCUT2D eigenvalue weighted by Crippen LogP contribution is -2.38. The van der Waals surface area contributed by atoms with Gasteiger partial charge in [-0.25, -0.2) is 4.98 Å². The van der Waals surface area contributed by atoms with Gasteiger partial charge in [-0.1, -0.05) is 31.0 Å². The second-order valence-electron chi connectivity index (χ2n) is 5.77. The minimum absolute atomic E-state index is 0.0331. The number of hydrogen-bond acceptors (Lipinski definition) is 4. The molecule has 0 spiro atoms. The zero-order chi connectivity index (χ0) is 17.5. The molecule has 2 rings (SSSR count). The first-order valence-corrected chi connectivity index (χ1v) is 8.89. The van der Waals surface area contributed by atoms with Crippen molar-refractivity contribution < 1.29 is 9.59 Å². The van der Waals surface area contributed by atoms with E-state index in [4.69, 9.17) is 0 Å². The summed E-state index contributed by atoms with van der Waals surface area (Å²) in [5.41, 5.74) is 1.71. The van der Waals surface area contributed by atoms with Gasteiger partial charge in [-0.2, -0.15) is 0 Å². The molecule has 0 aliphatic rings. The number of aromatic nitrogens is 1. The summed E-state index contributed by atoms with van der Waals surface area (Å²) < 4.78 is 0. The van der Waals surface area contributed by atoms with Crippen molar-refractivity contribution in [3.05, 3.63) is 46.5 Å². The van der Waals surface area contributed by atoms with E-state index in [9.17, 15) is 9.59 Å². The van der Waals surface area contributed by atoms with Gasteiger partial charge >= 0.3 is 0 Å². The van der Waals surface area contributed by atoms with E-state index in [0.29, 0.717) is 17.2 Å². The van der Waals surface area contributed by atoms with Crippen LogP contribution in [0.15, 0.2) is 30.5 Å². The molecule has 0 aliphatic carbocycles. The number of nitrogens with zero attached hydrogens (tertiary/aromatic N) is 2. The highest BCUT2D eigenvalue weighted by atomic mass is 32.1. The molecule has 0 aliphatic heterocycles.